The van der Waals surface area contributed by atoms with E-state index in [1.54, 1.807) is 111 Å². The van der Waals surface area contributed by atoms with Crippen molar-refractivity contribution in [2.75, 3.05) is 12.3 Å². The Hall–Kier alpha value is 0.600. The fourth-order valence-corrected chi connectivity index (χ4v) is 16.2. The average molecular weight is 757 g/mol. The zero-order valence-electron chi connectivity index (χ0n) is 32.0. The van der Waals surface area contributed by atoms with E-state index in [0.717, 1.165) is 0 Å². The lowest BCUT2D eigenvalue weighted by Crippen LogP contribution is -2.26. The van der Waals surface area contributed by atoms with Crippen LogP contribution in [-0.4, -0.2) is 72.5 Å². The Morgan fingerprint density at radius 1 is 0.340 bits per heavy atom. The molecule has 12 nitrogen and oxygen atoms in total. The summed E-state index contributed by atoms with van der Waals surface area (Å²) in [6.07, 6.45) is -3.37. The van der Waals surface area contributed by atoms with Crippen molar-refractivity contribution in [1.82, 2.24) is 0 Å². The third-order valence-electron chi connectivity index (χ3n) is 5.75. The van der Waals surface area contributed by atoms with Crippen LogP contribution in [0, 0.1) is 0 Å². The molecular weight excluding hydrogens is 688 g/mol. The van der Waals surface area contributed by atoms with Crippen LogP contribution < -0.4 is 0 Å². The summed E-state index contributed by atoms with van der Waals surface area (Å²) < 4.78 is 105. The minimum absolute atomic E-state index is 0.170. The molecule has 0 aromatic heterocycles. The van der Waals surface area contributed by atoms with Crippen LogP contribution in [0.4, 0.5) is 0 Å². The second kappa shape index (κ2) is 21.2. The van der Waals surface area contributed by atoms with Gasteiger partial charge >= 0.3 is 30.4 Å². The normalized spacial score (nSPS) is 15.5. The molecule has 0 saturated heterocycles. The highest BCUT2D eigenvalue weighted by Crippen LogP contribution is 2.65. The lowest BCUT2D eigenvalue weighted by atomic mass is 10.1. The van der Waals surface area contributed by atoms with Gasteiger partial charge in [0.1, 0.15) is 0 Å². The van der Waals surface area contributed by atoms with E-state index in [1.807, 2.05) is 0 Å². The highest BCUT2D eigenvalue weighted by molar-refractivity contribution is 7.59. The Bertz CT molecular complexity index is 937. The summed E-state index contributed by atoms with van der Waals surface area (Å²) in [4.78, 5) is 0. The van der Waals surface area contributed by atoms with Crippen LogP contribution in [0.5, 0.6) is 0 Å². The van der Waals surface area contributed by atoms with Gasteiger partial charge in [0.2, 0.25) is 0 Å². The molecule has 0 rings (SSSR count). The third kappa shape index (κ3) is 19.7. The average Bonchev–Trinajstić information content (AvgIpc) is 2.78. The molecule has 2 unspecified atom stereocenters. The second-order valence-corrected chi connectivity index (χ2v) is 22.6. The van der Waals surface area contributed by atoms with Gasteiger partial charge in [-0.05, 0) is 124 Å². The van der Waals surface area contributed by atoms with Crippen LogP contribution in [-0.2, 0) is 54.5 Å². The Balaban J connectivity index is 6.95. The van der Waals surface area contributed by atoms with Crippen molar-refractivity contribution in [3.05, 3.63) is 0 Å². The van der Waals surface area contributed by atoms with Crippen LogP contribution in [0.2, 0.25) is 0 Å². The summed E-state index contributed by atoms with van der Waals surface area (Å²) in [5, 5.41) is 0. The number of rotatable bonds is 26. The van der Waals surface area contributed by atoms with E-state index in [1.165, 1.54) is 0 Å². The van der Waals surface area contributed by atoms with Gasteiger partial charge in [-0.3, -0.25) is 18.3 Å². The van der Waals surface area contributed by atoms with Crippen molar-refractivity contribution in [2.45, 2.75) is 190 Å². The van der Waals surface area contributed by atoms with Crippen molar-refractivity contribution in [3.63, 3.8) is 0 Å². The smallest absolute Gasteiger partial charge is 0.306 e. The maximum Gasteiger partial charge on any atom is 0.334 e. The van der Waals surface area contributed by atoms with Crippen molar-refractivity contribution in [1.29, 1.82) is 0 Å². The molecule has 16 heteroatoms. The van der Waals surface area contributed by atoms with Gasteiger partial charge in [0.05, 0.1) is 72.5 Å². The molecule has 0 aliphatic heterocycles. The lowest BCUT2D eigenvalue weighted by Gasteiger charge is -2.34. The molecule has 0 saturated carbocycles. The molecule has 2 atom stereocenters. The minimum Gasteiger partial charge on any atom is -0.306 e. The molecule has 47 heavy (non-hydrogen) atoms. The minimum atomic E-state index is -3.92. The Morgan fingerprint density at radius 3 is 0.702 bits per heavy atom. The van der Waals surface area contributed by atoms with Crippen LogP contribution in [0.1, 0.15) is 130 Å². The fourth-order valence-electron chi connectivity index (χ4n) is 4.88. The second-order valence-electron chi connectivity index (χ2n) is 14.1. The van der Waals surface area contributed by atoms with E-state index < -0.39 is 90.5 Å². The molecule has 0 aliphatic rings. The topological polar surface area (TPSA) is 142 Å². The van der Waals surface area contributed by atoms with E-state index in [9.17, 15) is 18.3 Å². The van der Waals surface area contributed by atoms with Crippen molar-refractivity contribution in [3.8, 4) is 0 Å². The zero-order valence-corrected chi connectivity index (χ0v) is 35.6. The van der Waals surface area contributed by atoms with Gasteiger partial charge in [-0.2, -0.15) is 0 Å². The maximum atomic E-state index is 14.6. The largest absolute Gasteiger partial charge is 0.334 e. The first-order chi connectivity index (χ1) is 21.2. The van der Waals surface area contributed by atoms with Gasteiger partial charge < -0.3 is 36.2 Å². The fraction of sp³-hybridized carbons (Fsp3) is 1.00. The van der Waals surface area contributed by atoms with Gasteiger partial charge in [0.25, 0.3) is 0 Å². The van der Waals surface area contributed by atoms with E-state index in [-0.39, 0.29) is 31.6 Å². The van der Waals surface area contributed by atoms with Gasteiger partial charge in [-0.15, -0.1) is 0 Å². The molecule has 284 valence electrons. The predicted molar refractivity (Wildman–Crippen MR) is 191 cm³/mol. The lowest BCUT2D eigenvalue weighted by molar-refractivity contribution is 0.126. The molecule has 0 aromatic rings. The van der Waals surface area contributed by atoms with Gasteiger partial charge in [-0.25, -0.2) is 0 Å². The summed E-state index contributed by atoms with van der Waals surface area (Å²) in [6.45, 7) is 28.0. The van der Waals surface area contributed by atoms with Crippen LogP contribution in [0.3, 0.4) is 0 Å². The Kier molecular flexibility index (Phi) is 21.5. The van der Waals surface area contributed by atoms with E-state index in [2.05, 4.69) is 0 Å². The van der Waals surface area contributed by atoms with E-state index in [0.29, 0.717) is 0 Å². The number of hydrogen-bond donors (Lipinski definition) is 0. The van der Waals surface area contributed by atoms with Gasteiger partial charge in [-0.1, -0.05) is 6.42 Å². The summed E-state index contributed by atoms with van der Waals surface area (Å²) in [7, 11) is -15.4. The van der Waals surface area contributed by atoms with Crippen molar-refractivity contribution in [2.24, 2.45) is 0 Å². The Morgan fingerprint density at radius 2 is 0.532 bits per heavy atom. The van der Waals surface area contributed by atoms with Crippen LogP contribution >= 0.6 is 30.4 Å². The van der Waals surface area contributed by atoms with Crippen LogP contribution in [0.15, 0.2) is 0 Å². The molecule has 0 spiro atoms. The number of hydrogen-bond acceptors (Lipinski definition) is 12. The summed E-state index contributed by atoms with van der Waals surface area (Å²) >= 11 is 0. The first-order valence-corrected chi connectivity index (χ1v) is 23.8. The SMILES string of the molecule is CC(C)OP(=O)(CC(CCCC(CP(=O)(OC(C)C)OC(C)C)P(=O)(OC(C)C)OC(C)C)P(=O)(OC(C)C)OC(C)C)OC(C)C. The van der Waals surface area contributed by atoms with Gasteiger partial charge in [0.15, 0.2) is 0 Å². The molecular formula is C31H68O12P4. The monoisotopic (exact) mass is 756 g/mol. The van der Waals surface area contributed by atoms with Crippen molar-refractivity contribution < 1.29 is 54.5 Å². The Labute approximate surface area is 286 Å². The molecule has 0 heterocycles. The predicted octanol–water partition coefficient (Wildman–Crippen LogP) is 11.1. The standard InChI is InChI=1S/C31H68O12P4/c1-22(2)36-44(32,37-23(3)4)20-30(46(34,40-26(9)10)41-27(11)12)18-17-19-31(47(35,42-28(13)14)43-29(15)16)21-45(33,38-24(5)6)39-25(7)8/h22-31H,17-21H2,1-16H3. The van der Waals surface area contributed by atoms with Gasteiger partial charge in [0, 0.05) is 0 Å². The highest BCUT2D eigenvalue weighted by Gasteiger charge is 2.47. The quantitative estimate of drug-likeness (QED) is 0.0775. The molecule has 0 amide bonds. The molecule has 0 N–H and O–H groups in total. The van der Waals surface area contributed by atoms with E-state index >= 15 is 0 Å². The third-order valence-corrected chi connectivity index (χ3v) is 16.6. The molecule has 0 fully saturated rings. The van der Waals surface area contributed by atoms with E-state index in [4.69, 9.17) is 36.2 Å². The van der Waals surface area contributed by atoms with Crippen molar-refractivity contribution >= 4 is 30.4 Å². The first kappa shape index (κ1) is 47.6. The molecule has 0 aliphatic carbocycles. The summed E-state index contributed by atoms with van der Waals surface area (Å²) in [6, 6.07) is 0. The summed E-state index contributed by atoms with van der Waals surface area (Å²) in [5.41, 5.74) is -1.81. The molecule has 0 bridgehead atoms. The summed E-state index contributed by atoms with van der Waals surface area (Å²) in [5.74, 6) is 0. The maximum absolute atomic E-state index is 14.6. The van der Waals surface area contributed by atoms with Crippen LogP contribution in [0.25, 0.3) is 0 Å². The zero-order chi connectivity index (χ0) is 37.0. The highest BCUT2D eigenvalue weighted by atomic mass is 31.2. The molecule has 0 radical (unpaired) electrons. The first-order valence-electron chi connectivity index (χ1n) is 17.1. The molecule has 0 aromatic carbocycles.